The van der Waals surface area contributed by atoms with E-state index in [1.165, 1.54) is 18.4 Å². The van der Waals surface area contributed by atoms with E-state index < -0.39 is 0 Å². The molecule has 1 aliphatic heterocycles. The fourth-order valence-corrected chi connectivity index (χ4v) is 3.03. The van der Waals surface area contributed by atoms with E-state index in [2.05, 4.69) is 59.0 Å². The maximum Gasteiger partial charge on any atom is 0.227 e. The molecule has 2 aromatic rings. The van der Waals surface area contributed by atoms with E-state index in [0.29, 0.717) is 0 Å². The zero-order chi connectivity index (χ0) is 16.1. The van der Waals surface area contributed by atoms with Gasteiger partial charge in [0.05, 0.1) is 0 Å². The molecule has 1 fully saturated rings. The first kappa shape index (κ1) is 15.8. The smallest absolute Gasteiger partial charge is 0.227 e. The molecule has 4 heteroatoms. The number of aromatic nitrogens is 2. The van der Waals surface area contributed by atoms with Gasteiger partial charge in [0, 0.05) is 32.4 Å². The summed E-state index contributed by atoms with van der Waals surface area (Å²) in [7, 11) is 0. The summed E-state index contributed by atoms with van der Waals surface area (Å²) in [5, 5.41) is 0. The van der Waals surface area contributed by atoms with Crippen LogP contribution in [0.4, 0.5) is 11.8 Å². The Balaban J connectivity index is 1.74. The van der Waals surface area contributed by atoms with Crippen LogP contribution in [0.1, 0.15) is 32.3 Å². The van der Waals surface area contributed by atoms with Crippen molar-refractivity contribution in [2.24, 2.45) is 5.92 Å². The Kier molecular flexibility index (Phi) is 5.11. The quantitative estimate of drug-likeness (QED) is 0.842. The van der Waals surface area contributed by atoms with Gasteiger partial charge < -0.3 is 9.80 Å². The van der Waals surface area contributed by atoms with Gasteiger partial charge in [-0.2, -0.15) is 4.98 Å². The molecule has 0 atom stereocenters. The molecule has 0 N–H and O–H groups in total. The Morgan fingerprint density at radius 3 is 2.57 bits per heavy atom. The third-order valence-corrected chi connectivity index (χ3v) is 4.62. The van der Waals surface area contributed by atoms with Crippen molar-refractivity contribution >= 4 is 11.8 Å². The molecule has 0 amide bonds. The van der Waals surface area contributed by atoms with Gasteiger partial charge in [-0.05, 0) is 37.3 Å². The van der Waals surface area contributed by atoms with Gasteiger partial charge in [-0.1, -0.05) is 37.3 Å². The molecular weight excluding hydrogens is 284 g/mol. The van der Waals surface area contributed by atoms with Crippen molar-refractivity contribution in [1.29, 1.82) is 0 Å². The van der Waals surface area contributed by atoms with Gasteiger partial charge in [-0.25, -0.2) is 4.98 Å². The lowest BCUT2D eigenvalue weighted by atomic mass is 10.00. The molecule has 0 aliphatic carbocycles. The summed E-state index contributed by atoms with van der Waals surface area (Å²) in [6, 6.07) is 12.6. The molecule has 23 heavy (non-hydrogen) atoms. The van der Waals surface area contributed by atoms with Crippen molar-refractivity contribution in [3.8, 4) is 0 Å². The van der Waals surface area contributed by atoms with E-state index in [0.717, 1.165) is 43.9 Å². The number of benzene rings is 1. The number of hydrogen-bond donors (Lipinski definition) is 0. The minimum absolute atomic E-state index is 0.819. The normalized spacial score (nSPS) is 15.7. The highest BCUT2D eigenvalue weighted by Gasteiger charge is 2.18. The number of piperidine rings is 1. The molecule has 0 radical (unpaired) electrons. The van der Waals surface area contributed by atoms with Crippen LogP contribution >= 0.6 is 0 Å². The number of hydrogen-bond acceptors (Lipinski definition) is 4. The topological polar surface area (TPSA) is 32.3 Å². The predicted molar refractivity (Wildman–Crippen MR) is 95.8 cm³/mol. The Morgan fingerprint density at radius 1 is 1.13 bits per heavy atom. The van der Waals surface area contributed by atoms with Crippen LogP contribution in [0.25, 0.3) is 0 Å². The Hall–Kier alpha value is -2.10. The lowest BCUT2D eigenvalue weighted by Crippen LogP contribution is -2.34. The van der Waals surface area contributed by atoms with Gasteiger partial charge in [-0.15, -0.1) is 0 Å². The van der Waals surface area contributed by atoms with Crippen LogP contribution in [0, 0.1) is 5.92 Å². The van der Waals surface area contributed by atoms with E-state index in [4.69, 9.17) is 4.98 Å². The summed E-state index contributed by atoms with van der Waals surface area (Å²) in [6.07, 6.45) is 4.35. The lowest BCUT2D eigenvalue weighted by Gasteiger charge is -2.31. The van der Waals surface area contributed by atoms with E-state index in [9.17, 15) is 0 Å². The van der Waals surface area contributed by atoms with Crippen molar-refractivity contribution in [3.05, 3.63) is 48.2 Å². The summed E-state index contributed by atoms with van der Waals surface area (Å²) in [5.74, 6) is 2.71. The Labute approximate surface area is 139 Å². The SMILES string of the molecule is CCN(Cc1ccccc1)c1ccnc(N2CCC(C)CC2)n1. The van der Waals surface area contributed by atoms with Crippen LogP contribution in [0.3, 0.4) is 0 Å². The molecule has 3 rings (SSSR count). The van der Waals surface area contributed by atoms with Crippen molar-refractivity contribution in [2.45, 2.75) is 33.2 Å². The molecule has 0 bridgehead atoms. The van der Waals surface area contributed by atoms with Crippen molar-refractivity contribution in [2.75, 3.05) is 29.4 Å². The van der Waals surface area contributed by atoms with Gasteiger partial charge in [0.25, 0.3) is 0 Å². The summed E-state index contributed by atoms with van der Waals surface area (Å²) in [4.78, 5) is 13.9. The number of anilines is 2. The van der Waals surface area contributed by atoms with E-state index in [-0.39, 0.29) is 0 Å². The molecule has 2 heterocycles. The van der Waals surface area contributed by atoms with E-state index >= 15 is 0 Å². The van der Waals surface area contributed by atoms with E-state index in [1.54, 1.807) is 0 Å². The van der Waals surface area contributed by atoms with Crippen LogP contribution in [-0.2, 0) is 6.54 Å². The highest BCUT2D eigenvalue weighted by molar-refractivity contribution is 5.44. The zero-order valence-corrected chi connectivity index (χ0v) is 14.2. The molecule has 122 valence electrons. The second-order valence-corrected chi connectivity index (χ2v) is 6.38. The first-order valence-corrected chi connectivity index (χ1v) is 8.63. The molecule has 0 saturated carbocycles. The van der Waals surface area contributed by atoms with Crippen LogP contribution in [0.2, 0.25) is 0 Å². The Bertz CT molecular complexity index is 606. The van der Waals surface area contributed by atoms with E-state index in [1.807, 2.05) is 12.3 Å². The van der Waals surface area contributed by atoms with Crippen LogP contribution in [-0.4, -0.2) is 29.6 Å². The molecule has 1 aromatic carbocycles. The highest BCUT2D eigenvalue weighted by atomic mass is 15.3. The maximum atomic E-state index is 4.83. The van der Waals surface area contributed by atoms with Gasteiger partial charge >= 0.3 is 0 Å². The molecule has 0 unspecified atom stereocenters. The minimum Gasteiger partial charge on any atom is -0.352 e. The first-order valence-electron chi connectivity index (χ1n) is 8.63. The molecular formula is C19H26N4. The van der Waals surface area contributed by atoms with Gasteiger partial charge in [0.15, 0.2) is 0 Å². The molecule has 0 spiro atoms. The second kappa shape index (κ2) is 7.44. The number of nitrogens with zero attached hydrogens (tertiary/aromatic N) is 4. The molecule has 1 aromatic heterocycles. The molecule has 1 saturated heterocycles. The minimum atomic E-state index is 0.819. The predicted octanol–water partition coefficient (Wildman–Crippen LogP) is 3.74. The monoisotopic (exact) mass is 310 g/mol. The third-order valence-electron chi connectivity index (χ3n) is 4.62. The fourth-order valence-electron chi connectivity index (χ4n) is 3.03. The van der Waals surface area contributed by atoms with Crippen molar-refractivity contribution < 1.29 is 0 Å². The van der Waals surface area contributed by atoms with Crippen LogP contribution in [0.5, 0.6) is 0 Å². The number of rotatable bonds is 5. The molecule has 4 nitrogen and oxygen atoms in total. The fraction of sp³-hybridized carbons (Fsp3) is 0.474. The van der Waals surface area contributed by atoms with Crippen LogP contribution < -0.4 is 9.80 Å². The maximum absolute atomic E-state index is 4.83. The highest BCUT2D eigenvalue weighted by Crippen LogP contribution is 2.22. The Morgan fingerprint density at radius 2 is 1.87 bits per heavy atom. The van der Waals surface area contributed by atoms with Gasteiger partial charge in [0.2, 0.25) is 5.95 Å². The summed E-state index contributed by atoms with van der Waals surface area (Å²) >= 11 is 0. The third kappa shape index (κ3) is 4.01. The first-order chi connectivity index (χ1) is 11.3. The van der Waals surface area contributed by atoms with Crippen molar-refractivity contribution in [1.82, 2.24) is 9.97 Å². The summed E-state index contributed by atoms with van der Waals surface area (Å²) in [5.41, 5.74) is 1.31. The summed E-state index contributed by atoms with van der Waals surface area (Å²) in [6.45, 7) is 8.44. The average Bonchev–Trinajstić information content (AvgIpc) is 2.61. The lowest BCUT2D eigenvalue weighted by molar-refractivity contribution is 0.434. The second-order valence-electron chi connectivity index (χ2n) is 6.38. The van der Waals surface area contributed by atoms with Crippen molar-refractivity contribution in [3.63, 3.8) is 0 Å². The molecule has 1 aliphatic rings. The van der Waals surface area contributed by atoms with Gasteiger partial charge in [-0.3, -0.25) is 0 Å². The average molecular weight is 310 g/mol. The van der Waals surface area contributed by atoms with Crippen LogP contribution in [0.15, 0.2) is 42.6 Å². The largest absolute Gasteiger partial charge is 0.352 e. The standard InChI is InChI=1S/C19H26N4/c1-3-22(15-17-7-5-4-6-8-17)18-9-12-20-19(21-18)23-13-10-16(2)11-14-23/h4-9,12,16H,3,10-11,13-15H2,1-2H3. The summed E-state index contributed by atoms with van der Waals surface area (Å²) < 4.78 is 0. The zero-order valence-electron chi connectivity index (χ0n) is 14.2. The van der Waals surface area contributed by atoms with Gasteiger partial charge in [0.1, 0.15) is 5.82 Å².